The lowest BCUT2D eigenvalue weighted by Gasteiger charge is -2.23. The monoisotopic (exact) mass is 279 g/mol. The zero-order chi connectivity index (χ0) is 13.9. The summed E-state index contributed by atoms with van der Waals surface area (Å²) in [6.07, 6.45) is 3.50. The third-order valence-corrected chi connectivity index (χ3v) is 3.59. The van der Waals surface area contributed by atoms with Crippen molar-refractivity contribution in [2.75, 3.05) is 6.54 Å². The number of rotatable bonds is 5. The SMILES string of the molecule is CC(C)(CN)NC(=O)Cc1csc(-c2ccoc2)n1. The smallest absolute Gasteiger partial charge is 0.226 e. The molecule has 19 heavy (non-hydrogen) atoms. The van der Waals surface area contributed by atoms with Crippen LogP contribution in [-0.4, -0.2) is 23.0 Å². The van der Waals surface area contributed by atoms with Gasteiger partial charge in [-0.15, -0.1) is 11.3 Å². The van der Waals surface area contributed by atoms with Gasteiger partial charge in [0.1, 0.15) is 11.3 Å². The molecule has 102 valence electrons. The fourth-order valence-electron chi connectivity index (χ4n) is 1.54. The second-order valence-corrected chi connectivity index (χ2v) is 5.83. The number of aromatic nitrogens is 1. The lowest BCUT2D eigenvalue weighted by Crippen LogP contribution is -2.49. The first kappa shape index (κ1) is 13.8. The van der Waals surface area contributed by atoms with E-state index in [1.54, 1.807) is 12.5 Å². The number of nitrogens with zero attached hydrogens (tertiary/aromatic N) is 1. The van der Waals surface area contributed by atoms with Crippen molar-refractivity contribution in [3.63, 3.8) is 0 Å². The molecule has 2 rings (SSSR count). The molecule has 0 fully saturated rings. The largest absolute Gasteiger partial charge is 0.472 e. The number of furan rings is 1. The molecule has 2 aromatic heterocycles. The quantitative estimate of drug-likeness (QED) is 0.874. The molecule has 5 nitrogen and oxygen atoms in total. The number of carbonyl (C=O) groups is 1. The Kier molecular flexibility index (Phi) is 4.01. The van der Waals surface area contributed by atoms with Crippen molar-refractivity contribution in [1.29, 1.82) is 0 Å². The molecule has 1 amide bonds. The van der Waals surface area contributed by atoms with Crippen LogP contribution in [0.1, 0.15) is 19.5 Å². The summed E-state index contributed by atoms with van der Waals surface area (Å²) in [6, 6.07) is 1.85. The Balaban J connectivity index is 1.99. The molecular formula is C13H17N3O2S. The Bertz CT molecular complexity index is 546. The minimum Gasteiger partial charge on any atom is -0.472 e. The number of carbonyl (C=O) groups excluding carboxylic acids is 1. The first-order chi connectivity index (χ1) is 9.00. The van der Waals surface area contributed by atoms with E-state index in [4.69, 9.17) is 10.2 Å². The normalized spacial score (nSPS) is 11.5. The summed E-state index contributed by atoms with van der Waals surface area (Å²) in [5.74, 6) is -0.0699. The summed E-state index contributed by atoms with van der Waals surface area (Å²) in [6.45, 7) is 4.18. The van der Waals surface area contributed by atoms with Crippen LogP contribution in [0.25, 0.3) is 10.6 Å². The van der Waals surface area contributed by atoms with E-state index < -0.39 is 0 Å². The Hall–Kier alpha value is -1.66. The molecule has 0 aliphatic rings. The second-order valence-electron chi connectivity index (χ2n) is 4.97. The van der Waals surface area contributed by atoms with E-state index in [-0.39, 0.29) is 17.9 Å². The van der Waals surface area contributed by atoms with E-state index >= 15 is 0 Å². The molecule has 0 aliphatic heterocycles. The maximum Gasteiger partial charge on any atom is 0.226 e. The number of thiazole rings is 1. The number of hydrogen-bond donors (Lipinski definition) is 2. The summed E-state index contributed by atoms with van der Waals surface area (Å²) in [4.78, 5) is 16.3. The van der Waals surface area contributed by atoms with E-state index in [2.05, 4.69) is 10.3 Å². The lowest BCUT2D eigenvalue weighted by molar-refractivity contribution is -0.121. The van der Waals surface area contributed by atoms with Crippen LogP contribution in [0, 0.1) is 0 Å². The molecule has 0 aromatic carbocycles. The van der Waals surface area contributed by atoms with Crippen LogP contribution in [0.2, 0.25) is 0 Å². The van der Waals surface area contributed by atoms with Crippen molar-refractivity contribution in [3.05, 3.63) is 29.7 Å². The van der Waals surface area contributed by atoms with Gasteiger partial charge in [-0.25, -0.2) is 4.98 Å². The second kappa shape index (κ2) is 5.54. The van der Waals surface area contributed by atoms with Crippen LogP contribution in [0.3, 0.4) is 0 Å². The van der Waals surface area contributed by atoms with Crippen LogP contribution in [-0.2, 0) is 11.2 Å². The molecule has 6 heteroatoms. The standard InChI is InChI=1S/C13H17N3O2S/c1-13(2,8-14)16-11(17)5-10-7-19-12(15-10)9-3-4-18-6-9/h3-4,6-7H,5,8,14H2,1-2H3,(H,16,17). The van der Waals surface area contributed by atoms with Crippen molar-refractivity contribution >= 4 is 17.2 Å². The van der Waals surface area contributed by atoms with Gasteiger partial charge >= 0.3 is 0 Å². The summed E-state index contributed by atoms with van der Waals surface area (Å²) in [5, 5.41) is 5.62. The van der Waals surface area contributed by atoms with E-state index in [0.717, 1.165) is 16.3 Å². The third kappa shape index (κ3) is 3.65. The first-order valence-electron chi connectivity index (χ1n) is 5.98. The molecule has 0 bridgehead atoms. The zero-order valence-corrected chi connectivity index (χ0v) is 11.8. The highest BCUT2D eigenvalue weighted by Gasteiger charge is 2.19. The van der Waals surface area contributed by atoms with E-state index in [1.807, 2.05) is 25.3 Å². The maximum absolute atomic E-state index is 11.9. The van der Waals surface area contributed by atoms with Crippen molar-refractivity contribution in [1.82, 2.24) is 10.3 Å². The molecule has 0 aliphatic carbocycles. The number of nitrogens with one attached hydrogen (secondary N) is 1. The molecule has 2 aromatic rings. The van der Waals surface area contributed by atoms with E-state index in [0.29, 0.717) is 6.54 Å². The predicted octanol–water partition coefficient (Wildman–Crippen LogP) is 1.80. The average molecular weight is 279 g/mol. The van der Waals surface area contributed by atoms with E-state index in [9.17, 15) is 4.79 Å². The fraction of sp³-hybridized carbons (Fsp3) is 0.385. The van der Waals surface area contributed by atoms with Crippen molar-refractivity contribution in [2.24, 2.45) is 5.73 Å². The van der Waals surface area contributed by atoms with Crippen LogP contribution in [0.15, 0.2) is 28.4 Å². The van der Waals surface area contributed by atoms with Gasteiger partial charge in [-0.1, -0.05) is 0 Å². The average Bonchev–Trinajstić information content (AvgIpc) is 2.97. The molecule has 0 atom stereocenters. The predicted molar refractivity (Wildman–Crippen MR) is 74.8 cm³/mol. The minimum absolute atomic E-state index is 0.0699. The highest BCUT2D eigenvalue weighted by Crippen LogP contribution is 2.24. The van der Waals surface area contributed by atoms with Gasteiger partial charge in [0.15, 0.2) is 0 Å². The molecule has 3 N–H and O–H groups in total. The maximum atomic E-state index is 11.9. The Morgan fingerprint density at radius 1 is 1.58 bits per heavy atom. The first-order valence-corrected chi connectivity index (χ1v) is 6.86. The highest BCUT2D eigenvalue weighted by molar-refractivity contribution is 7.13. The minimum atomic E-state index is -0.388. The summed E-state index contributed by atoms with van der Waals surface area (Å²) >= 11 is 1.50. The topological polar surface area (TPSA) is 81.1 Å². The van der Waals surface area contributed by atoms with Gasteiger partial charge in [0.25, 0.3) is 0 Å². The van der Waals surface area contributed by atoms with Gasteiger partial charge in [0.05, 0.1) is 18.4 Å². The van der Waals surface area contributed by atoms with Crippen molar-refractivity contribution in [2.45, 2.75) is 25.8 Å². The van der Waals surface area contributed by atoms with Gasteiger partial charge in [0, 0.05) is 23.0 Å². The number of amides is 1. The van der Waals surface area contributed by atoms with Crippen molar-refractivity contribution in [3.8, 4) is 10.6 Å². The molecule has 0 saturated carbocycles. The molecule has 2 heterocycles. The number of hydrogen-bond acceptors (Lipinski definition) is 5. The number of nitrogens with two attached hydrogens (primary N) is 1. The van der Waals surface area contributed by atoms with Gasteiger partial charge < -0.3 is 15.5 Å². The third-order valence-electron chi connectivity index (χ3n) is 2.65. The Morgan fingerprint density at radius 2 is 2.37 bits per heavy atom. The Labute approximate surface area is 115 Å². The van der Waals surface area contributed by atoms with Gasteiger partial charge in [-0.2, -0.15) is 0 Å². The molecule has 0 radical (unpaired) electrons. The molecule has 0 saturated heterocycles. The molecular weight excluding hydrogens is 262 g/mol. The van der Waals surface area contributed by atoms with Gasteiger partial charge in [-0.05, 0) is 19.9 Å². The fourth-order valence-corrected chi connectivity index (χ4v) is 2.35. The highest BCUT2D eigenvalue weighted by atomic mass is 32.1. The van der Waals surface area contributed by atoms with E-state index in [1.165, 1.54) is 11.3 Å². The van der Waals surface area contributed by atoms with Crippen LogP contribution in [0.4, 0.5) is 0 Å². The zero-order valence-electron chi connectivity index (χ0n) is 11.0. The van der Waals surface area contributed by atoms with Crippen LogP contribution in [0.5, 0.6) is 0 Å². The summed E-state index contributed by atoms with van der Waals surface area (Å²) < 4.78 is 5.01. The van der Waals surface area contributed by atoms with Gasteiger partial charge in [-0.3, -0.25) is 4.79 Å². The van der Waals surface area contributed by atoms with Gasteiger partial charge in [0.2, 0.25) is 5.91 Å². The summed E-state index contributed by atoms with van der Waals surface area (Å²) in [7, 11) is 0. The molecule has 0 spiro atoms. The van der Waals surface area contributed by atoms with Crippen LogP contribution >= 0.6 is 11.3 Å². The van der Waals surface area contributed by atoms with Crippen LogP contribution < -0.4 is 11.1 Å². The summed E-state index contributed by atoms with van der Waals surface area (Å²) in [5.41, 5.74) is 6.87. The Morgan fingerprint density at radius 3 is 3.00 bits per heavy atom. The molecule has 0 unspecified atom stereocenters. The lowest BCUT2D eigenvalue weighted by atomic mass is 10.1. The van der Waals surface area contributed by atoms with Crippen molar-refractivity contribution < 1.29 is 9.21 Å².